The van der Waals surface area contributed by atoms with Crippen LogP contribution in [0, 0.1) is 5.92 Å². The van der Waals surface area contributed by atoms with Gasteiger partial charge in [0.1, 0.15) is 0 Å². The maximum atomic E-state index is 11.0. The molecule has 0 aliphatic carbocycles. The summed E-state index contributed by atoms with van der Waals surface area (Å²) in [4.78, 5) is 25.4. The summed E-state index contributed by atoms with van der Waals surface area (Å²) in [6.45, 7) is 1.69. The van der Waals surface area contributed by atoms with Crippen molar-refractivity contribution in [3.05, 3.63) is 0 Å². The third kappa shape index (κ3) is 6.06. The number of carboxylic acids is 1. The standard InChI is InChI=1S/C7H14N2O4/c1-5(3-8-2)7(12)9-13-4-6(10)11/h5,8H,3-4H2,1-2H3,(H,9,12)(H,10,11). The van der Waals surface area contributed by atoms with Gasteiger partial charge in [0.15, 0.2) is 6.61 Å². The van der Waals surface area contributed by atoms with Crippen molar-refractivity contribution in [2.24, 2.45) is 5.92 Å². The number of carboxylic acid groups (broad SMARTS) is 1. The highest BCUT2D eigenvalue weighted by atomic mass is 16.7. The topological polar surface area (TPSA) is 87.7 Å². The van der Waals surface area contributed by atoms with E-state index in [1.807, 2.05) is 5.48 Å². The number of carbonyl (C=O) groups is 2. The molecule has 0 rings (SSSR count). The Morgan fingerprint density at radius 1 is 1.54 bits per heavy atom. The third-order valence-electron chi connectivity index (χ3n) is 1.33. The first kappa shape index (κ1) is 11.9. The number of amides is 1. The van der Waals surface area contributed by atoms with Gasteiger partial charge in [0, 0.05) is 12.5 Å². The Balaban J connectivity index is 3.55. The number of hydrogen-bond donors (Lipinski definition) is 3. The quantitative estimate of drug-likeness (QED) is 0.466. The van der Waals surface area contributed by atoms with Crippen molar-refractivity contribution in [1.29, 1.82) is 0 Å². The van der Waals surface area contributed by atoms with Crippen LogP contribution in [0.1, 0.15) is 6.92 Å². The van der Waals surface area contributed by atoms with Gasteiger partial charge in [0.05, 0.1) is 0 Å². The Labute approximate surface area is 76.2 Å². The molecular formula is C7H14N2O4. The van der Waals surface area contributed by atoms with E-state index in [9.17, 15) is 9.59 Å². The van der Waals surface area contributed by atoms with Crippen LogP contribution in [0.15, 0.2) is 0 Å². The van der Waals surface area contributed by atoms with Crippen molar-refractivity contribution in [2.45, 2.75) is 6.92 Å². The molecule has 1 atom stereocenters. The van der Waals surface area contributed by atoms with E-state index >= 15 is 0 Å². The summed E-state index contributed by atoms with van der Waals surface area (Å²) in [6.07, 6.45) is 0. The van der Waals surface area contributed by atoms with E-state index in [0.29, 0.717) is 6.54 Å². The predicted molar refractivity (Wildman–Crippen MR) is 44.8 cm³/mol. The van der Waals surface area contributed by atoms with E-state index in [4.69, 9.17) is 5.11 Å². The highest BCUT2D eigenvalue weighted by Crippen LogP contribution is 1.91. The number of hydrogen-bond acceptors (Lipinski definition) is 4. The fourth-order valence-electron chi connectivity index (χ4n) is 0.668. The lowest BCUT2D eigenvalue weighted by Gasteiger charge is -2.09. The molecule has 0 spiro atoms. The monoisotopic (exact) mass is 190 g/mol. The largest absolute Gasteiger partial charge is 0.479 e. The minimum Gasteiger partial charge on any atom is -0.479 e. The molecule has 0 aliphatic rings. The highest BCUT2D eigenvalue weighted by molar-refractivity contribution is 5.77. The maximum Gasteiger partial charge on any atom is 0.332 e. The zero-order valence-electron chi connectivity index (χ0n) is 7.66. The summed E-state index contributed by atoms with van der Waals surface area (Å²) in [7, 11) is 1.72. The van der Waals surface area contributed by atoms with Crippen LogP contribution < -0.4 is 10.8 Å². The van der Waals surface area contributed by atoms with Gasteiger partial charge in [-0.05, 0) is 7.05 Å². The number of hydroxylamine groups is 1. The van der Waals surface area contributed by atoms with Gasteiger partial charge in [0.2, 0.25) is 5.91 Å². The van der Waals surface area contributed by atoms with Gasteiger partial charge >= 0.3 is 5.97 Å². The summed E-state index contributed by atoms with van der Waals surface area (Å²) in [5.41, 5.74) is 2.04. The third-order valence-corrected chi connectivity index (χ3v) is 1.33. The summed E-state index contributed by atoms with van der Waals surface area (Å²) in [6, 6.07) is 0. The Hall–Kier alpha value is -1.14. The molecule has 1 amide bonds. The lowest BCUT2D eigenvalue weighted by molar-refractivity contribution is -0.150. The summed E-state index contributed by atoms with van der Waals surface area (Å²) in [5.74, 6) is -1.71. The lowest BCUT2D eigenvalue weighted by atomic mass is 10.2. The molecule has 76 valence electrons. The Morgan fingerprint density at radius 2 is 2.15 bits per heavy atom. The van der Waals surface area contributed by atoms with Crippen molar-refractivity contribution >= 4 is 11.9 Å². The Bertz CT molecular complexity index is 183. The number of aliphatic carboxylic acids is 1. The molecule has 1 unspecified atom stereocenters. The highest BCUT2D eigenvalue weighted by Gasteiger charge is 2.11. The van der Waals surface area contributed by atoms with Gasteiger partial charge in [-0.15, -0.1) is 0 Å². The lowest BCUT2D eigenvalue weighted by Crippen LogP contribution is -2.35. The van der Waals surface area contributed by atoms with Crippen molar-refractivity contribution < 1.29 is 19.5 Å². The van der Waals surface area contributed by atoms with Gasteiger partial charge < -0.3 is 10.4 Å². The molecule has 3 N–H and O–H groups in total. The van der Waals surface area contributed by atoms with Crippen LogP contribution >= 0.6 is 0 Å². The number of nitrogens with one attached hydrogen (secondary N) is 2. The second kappa shape index (κ2) is 6.38. The van der Waals surface area contributed by atoms with Gasteiger partial charge in [0.25, 0.3) is 0 Å². The first-order valence-electron chi connectivity index (χ1n) is 3.86. The van der Waals surface area contributed by atoms with E-state index in [0.717, 1.165) is 0 Å². The normalized spacial score (nSPS) is 12.2. The fraction of sp³-hybridized carbons (Fsp3) is 0.714. The van der Waals surface area contributed by atoms with E-state index in [1.165, 1.54) is 0 Å². The molecule has 0 aromatic heterocycles. The molecule has 0 aromatic carbocycles. The van der Waals surface area contributed by atoms with Gasteiger partial charge in [-0.25, -0.2) is 10.3 Å². The Kier molecular flexibility index (Phi) is 5.82. The first-order chi connectivity index (χ1) is 6.07. The molecule has 0 saturated heterocycles. The molecule has 13 heavy (non-hydrogen) atoms. The molecule has 6 heteroatoms. The minimum absolute atomic E-state index is 0.251. The molecule has 6 nitrogen and oxygen atoms in total. The molecule has 0 heterocycles. The van der Waals surface area contributed by atoms with Gasteiger partial charge in [-0.3, -0.25) is 9.63 Å². The Morgan fingerprint density at radius 3 is 2.62 bits per heavy atom. The first-order valence-corrected chi connectivity index (χ1v) is 3.86. The average Bonchev–Trinajstić information content (AvgIpc) is 2.04. The smallest absolute Gasteiger partial charge is 0.332 e. The summed E-state index contributed by atoms with van der Waals surface area (Å²) >= 11 is 0. The molecule has 0 radical (unpaired) electrons. The molecular weight excluding hydrogens is 176 g/mol. The van der Waals surface area contributed by atoms with Crippen LogP contribution in [0.3, 0.4) is 0 Å². The zero-order chi connectivity index (χ0) is 10.3. The van der Waals surface area contributed by atoms with Crippen LogP contribution in [0.2, 0.25) is 0 Å². The maximum absolute atomic E-state index is 11.0. The van der Waals surface area contributed by atoms with Crippen molar-refractivity contribution in [3.63, 3.8) is 0 Å². The van der Waals surface area contributed by atoms with Crippen LogP contribution in [-0.2, 0) is 14.4 Å². The molecule has 0 bridgehead atoms. The van der Waals surface area contributed by atoms with Crippen LogP contribution in [-0.4, -0.2) is 37.2 Å². The second-order valence-corrected chi connectivity index (χ2v) is 2.61. The number of carbonyl (C=O) groups excluding carboxylic acids is 1. The summed E-state index contributed by atoms with van der Waals surface area (Å²) < 4.78 is 0. The van der Waals surface area contributed by atoms with Crippen LogP contribution in [0.5, 0.6) is 0 Å². The van der Waals surface area contributed by atoms with Gasteiger partial charge in [-0.1, -0.05) is 6.92 Å². The fourth-order valence-corrected chi connectivity index (χ4v) is 0.668. The average molecular weight is 190 g/mol. The summed E-state index contributed by atoms with van der Waals surface area (Å²) in [5, 5.41) is 11.0. The molecule has 0 fully saturated rings. The predicted octanol–water partition coefficient (Wildman–Crippen LogP) is -1.03. The SMILES string of the molecule is CNCC(C)C(=O)NOCC(=O)O. The molecule has 0 saturated carbocycles. The van der Waals surface area contributed by atoms with Crippen molar-refractivity contribution in [2.75, 3.05) is 20.2 Å². The van der Waals surface area contributed by atoms with Crippen molar-refractivity contribution in [1.82, 2.24) is 10.8 Å². The zero-order valence-corrected chi connectivity index (χ0v) is 7.66. The van der Waals surface area contributed by atoms with Crippen LogP contribution in [0.25, 0.3) is 0 Å². The second-order valence-electron chi connectivity index (χ2n) is 2.61. The van der Waals surface area contributed by atoms with Crippen LogP contribution in [0.4, 0.5) is 0 Å². The minimum atomic E-state index is -1.12. The van der Waals surface area contributed by atoms with E-state index < -0.39 is 12.6 Å². The molecule has 0 aromatic rings. The van der Waals surface area contributed by atoms with Crippen molar-refractivity contribution in [3.8, 4) is 0 Å². The van der Waals surface area contributed by atoms with Gasteiger partial charge in [-0.2, -0.15) is 0 Å². The molecule has 0 aliphatic heterocycles. The van der Waals surface area contributed by atoms with E-state index in [2.05, 4.69) is 10.2 Å². The number of rotatable bonds is 6. The van der Waals surface area contributed by atoms with E-state index in [-0.39, 0.29) is 11.8 Å². The van der Waals surface area contributed by atoms with E-state index in [1.54, 1.807) is 14.0 Å².